The van der Waals surface area contributed by atoms with Crippen LogP contribution in [0.3, 0.4) is 0 Å². The topological polar surface area (TPSA) is 70.8 Å². The van der Waals surface area contributed by atoms with Gasteiger partial charge in [-0.05, 0) is 45.2 Å². The largest absolute Gasteiger partial charge is 0.345 e. The molecule has 2 N–H and O–H groups in total. The highest BCUT2D eigenvalue weighted by atomic mass is 31.2. The summed E-state index contributed by atoms with van der Waals surface area (Å²) in [6.07, 6.45) is 1.12. The third kappa shape index (κ3) is 6.74. The highest BCUT2D eigenvalue weighted by Crippen LogP contribution is 2.54. The number of benzene rings is 1. The minimum Gasteiger partial charge on any atom is -0.345 e. The van der Waals surface area contributed by atoms with Gasteiger partial charge in [0.15, 0.2) is 0 Å². The molecule has 2 unspecified atom stereocenters. The van der Waals surface area contributed by atoms with Crippen LogP contribution in [0.2, 0.25) is 0 Å². The molecule has 132 valence electrons. The minimum atomic E-state index is -3.10. The summed E-state index contributed by atoms with van der Waals surface area (Å²) < 4.78 is 30.0. The van der Waals surface area contributed by atoms with Gasteiger partial charge >= 0.3 is 0 Å². The first-order valence-electron chi connectivity index (χ1n) is 8.30. The van der Waals surface area contributed by atoms with Crippen LogP contribution in [0.25, 0.3) is 0 Å². The Labute approximate surface area is 140 Å². The van der Waals surface area contributed by atoms with Crippen molar-refractivity contribution in [3.63, 3.8) is 0 Å². The van der Waals surface area contributed by atoms with Crippen molar-refractivity contribution in [3.05, 3.63) is 35.9 Å². The normalized spacial score (nSPS) is 15.5. The summed E-state index contributed by atoms with van der Waals surface area (Å²) in [5.41, 5.74) is 7.09. The lowest BCUT2D eigenvalue weighted by atomic mass is 10.0. The quantitative estimate of drug-likeness (QED) is 0.465. The Hall–Kier alpha value is -0.710. The molecule has 0 aliphatic carbocycles. The van der Waals surface area contributed by atoms with E-state index in [9.17, 15) is 4.57 Å². The Kier molecular flexibility index (Phi) is 9.68. The molecule has 0 aromatic heterocycles. The van der Waals surface area contributed by atoms with E-state index in [0.717, 1.165) is 6.42 Å². The zero-order chi connectivity index (χ0) is 17.1. The summed E-state index contributed by atoms with van der Waals surface area (Å²) in [7, 11) is -3.10. The van der Waals surface area contributed by atoms with E-state index in [-0.39, 0.29) is 5.92 Å². The molecule has 1 aromatic carbocycles. The Morgan fingerprint density at radius 2 is 1.65 bits per heavy atom. The lowest BCUT2D eigenvalue weighted by Crippen LogP contribution is -2.27. The second-order valence-corrected chi connectivity index (χ2v) is 7.83. The molecular weight excluding hydrogens is 313 g/mol. The highest BCUT2D eigenvalue weighted by molar-refractivity contribution is 7.59. The van der Waals surface area contributed by atoms with Gasteiger partial charge in [-0.25, -0.2) is 0 Å². The summed E-state index contributed by atoms with van der Waals surface area (Å²) in [4.78, 5) is 0. The monoisotopic (exact) mass is 343 g/mol. The lowest BCUT2D eigenvalue weighted by Gasteiger charge is -2.29. The molecule has 5 nitrogen and oxygen atoms in total. The maximum absolute atomic E-state index is 13.3. The molecular formula is C17H30NO4P. The van der Waals surface area contributed by atoms with Crippen LogP contribution in [0.1, 0.15) is 26.3 Å². The van der Waals surface area contributed by atoms with Crippen molar-refractivity contribution < 1.29 is 18.6 Å². The van der Waals surface area contributed by atoms with Crippen molar-refractivity contribution in [1.29, 1.82) is 0 Å². The van der Waals surface area contributed by atoms with E-state index in [4.69, 9.17) is 19.7 Å². The van der Waals surface area contributed by atoms with Gasteiger partial charge in [0.05, 0.1) is 6.61 Å². The van der Waals surface area contributed by atoms with Gasteiger partial charge in [-0.1, -0.05) is 30.3 Å². The average Bonchev–Trinajstić information content (AvgIpc) is 2.55. The SMILES string of the molecule is CCOC(OCC)P(=O)(CC(CN)Cc1ccccc1)OCC. The van der Waals surface area contributed by atoms with Crippen LogP contribution in [0.15, 0.2) is 30.3 Å². The average molecular weight is 343 g/mol. The van der Waals surface area contributed by atoms with Crippen molar-refractivity contribution in [3.8, 4) is 0 Å². The fourth-order valence-corrected chi connectivity index (χ4v) is 5.09. The Bertz CT molecular complexity index is 463. The zero-order valence-corrected chi connectivity index (χ0v) is 15.3. The molecule has 0 spiro atoms. The van der Waals surface area contributed by atoms with E-state index in [1.165, 1.54) is 5.56 Å². The van der Waals surface area contributed by atoms with Crippen molar-refractivity contribution in [1.82, 2.24) is 0 Å². The second kappa shape index (κ2) is 11.0. The van der Waals surface area contributed by atoms with E-state index in [0.29, 0.717) is 32.5 Å². The molecule has 0 fully saturated rings. The Morgan fingerprint density at radius 1 is 1.04 bits per heavy atom. The molecule has 6 heteroatoms. The van der Waals surface area contributed by atoms with Crippen molar-refractivity contribution in [2.75, 3.05) is 32.5 Å². The number of hydrogen-bond donors (Lipinski definition) is 1. The molecule has 23 heavy (non-hydrogen) atoms. The minimum absolute atomic E-state index is 0.0539. The van der Waals surface area contributed by atoms with Gasteiger partial charge in [0.25, 0.3) is 7.37 Å². The Balaban J connectivity index is 2.86. The predicted molar refractivity (Wildman–Crippen MR) is 93.8 cm³/mol. The number of hydrogen-bond acceptors (Lipinski definition) is 5. The van der Waals surface area contributed by atoms with E-state index in [1.807, 2.05) is 39.0 Å². The van der Waals surface area contributed by atoms with E-state index < -0.39 is 13.4 Å². The molecule has 2 atom stereocenters. The highest BCUT2D eigenvalue weighted by Gasteiger charge is 2.37. The molecule has 0 aliphatic heterocycles. The van der Waals surface area contributed by atoms with Crippen LogP contribution >= 0.6 is 7.37 Å². The van der Waals surface area contributed by atoms with E-state index >= 15 is 0 Å². The first-order valence-corrected chi connectivity index (χ1v) is 10.2. The van der Waals surface area contributed by atoms with Crippen LogP contribution < -0.4 is 5.73 Å². The Morgan fingerprint density at radius 3 is 2.13 bits per heavy atom. The van der Waals surface area contributed by atoms with Crippen LogP contribution in [0, 0.1) is 5.92 Å². The molecule has 0 amide bonds. The smallest absolute Gasteiger partial charge is 0.257 e. The summed E-state index contributed by atoms with van der Waals surface area (Å²) in [6.45, 7) is 7.19. The fraction of sp³-hybridized carbons (Fsp3) is 0.647. The predicted octanol–water partition coefficient (Wildman–Crippen LogP) is 3.48. The van der Waals surface area contributed by atoms with Crippen molar-refractivity contribution >= 4 is 7.37 Å². The van der Waals surface area contributed by atoms with Crippen LogP contribution in [-0.4, -0.2) is 38.6 Å². The maximum atomic E-state index is 13.3. The van der Waals surface area contributed by atoms with Gasteiger partial charge in [-0.15, -0.1) is 0 Å². The van der Waals surface area contributed by atoms with Gasteiger partial charge in [-0.2, -0.15) is 0 Å². The van der Waals surface area contributed by atoms with Gasteiger partial charge in [0.1, 0.15) is 0 Å². The number of nitrogens with two attached hydrogens (primary N) is 1. The van der Waals surface area contributed by atoms with Gasteiger partial charge < -0.3 is 19.7 Å². The van der Waals surface area contributed by atoms with Crippen molar-refractivity contribution in [2.45, 2.75) is 33.2 Å². The molecule has 1 aromatic rings. The molecule has 0 radical (unpaired) electrons. The molecule has 1 rings (SSSR count). The third-order valence-electron chi connectivity index (χ3n) is 3.50. The van der Waals surface area contributed by atoms with Crippen LogP contribution in [-0.2, 0) is 25.0 Å². The van der Waals surface area contributed by atoms with E-state index in [2.05, 4.69) is 12.1 Å². The molecule has 0 saturated heterocycles. The third-order valence-corrected chi connectivity index (χ3v) is 6.16. The molecule has 0 aliphatic rings. The van der Waals surface area contributed by atoms with Gasteiger partial charge in [0.2, 0.25) is 6.03 Å². The van der Waals surface area contributed by atoms with Crippen LogP contribution in [0.4, 0.5) is 0 Å². The summed E-state index contributed by atoms with van der Waals surface area (Å²) >= 11 is 0. The van der Waals surface area contributed by atoms with Gasteiger partial charge in [0, 0.05) is 19.4 Å². The molecule has 0 bridgehead atoms. The molecule has 0 heterocycles. The summed E-state index contributed by atoms with van der Waals surface area (Å²) in [5.74, 6) is 0.0539. The second-order valence-electron chi connectivity index (χ2n) is 5.34. The summed E-state index contributed by atoms with van der Waals surface area (Å²) in [6, 6.07) is 9.25. The number of ether oxygens (including phenoxy) is 2. The first kappa shape index (κ1) is 20.3. The zero-order valence-electron chi connectivity index (χ0n) is 14.4. The number of rotatable bonds is 12. The van der Waals surface area contributed by atoms with Crippen LogP contribution in [0.5, 0.6) is 0 Å². The summed E-state index contributed by atoms with van der Waals surface area (Å²) in [5, 5.41) is 0. The first-order chi connectivity index (χ1) is 11.1. The fourth-order valence-electron chi connectivity index (χ4n) is 2.51. The van der Waals surface area contributed by atoms with E-state index in [1.54, 1.807) is 0 Å². The van der Waals surface area contributed by atoms with Gasteiger partial charge in [-0.3, -0.25) is 4.57 Å². The maximum Gasteiger partial charge on any atom is 0.257 e. The standard InChI is InChI=1S/C17H30NO4P/c1-4-20-17(21-5-2)23(19,22-6-3)14-16(13-18)12-15-10-8-7-9-11-15/h7-11,16-17H,4-6,12-14,18H2,1-3H3. The van der Waals surface area contributed by atoms with Crippen molar-refractivity contribution in [2.24, 2.45) is 11.7 Å². The molecule has 0 saturated carbocycles. The lowest BCUT2D eigenvalue weighted by molar-refractivity contribution is -0.0891.